The fourth-order valence-corrected chi connectivity index (χ4v) is 6.60. The molecule has 5 nitrogen and oxygen atoms in total. The average Bonchev–Trinajstić information content (AvgIpc) is 2.49. The van der Waals surface area contributed by atoms with Crippen LogP contribution in [0.5, 0.6) is 0 Å². The minimum absolute atomic E-state index is 0.340. The molecule has 2 rings (SSSR count). The minimum atomic E-state index is -2.20. The highest BCUT2D eigenvalue weighted by atomic mass is 28.3. The van der Waals surface area contributed by atoms with E-state index in [-0.39, 0.29) is 11.7 Å². The van der Waals surface area contributed by atoms with Crippen LogP contribution < -0.4 is 5.19 Å². The quantitative estimate of drug-likeness (QED) is 0.770. The topological polar surface area (TPSA) is 64.4 Å². The lowest BCUT2D eigenvalue weighted by Gasteiger charge is -2.46. The van der Waals surface area contributed by atoms with Crippen molar-refractivity contribution in [2.24, 2.45) is 5.92 Å². The monoisotopic (exact) mass is 301 g/mol. The van der Waals surface area contributed by atoms with Gasteiger partial charge in [-0.1, -0.05) is 48.6 Å². The van der Waals surface area contributed by atoms with Crippen LogP contribution in [0.25, 0.3) is 0 Å². The van der Waals surface area contributed by atoms with Crippen molar-refractivity contribution in [1.82, 2.24) is 9.80 Å². The Hall–Kier alpha value is -2.13. The standard InChI is InChI=1S/C15H19N3O2Si/c1-17-13(19)12(10-16)14(18(2)15(17)20)21(3,4)11-8-6-5-7-9-11/h5-9,12,14H,1-4H3/t12-,14+/m1/s1. The number of imide groups is 1. The molecule has 1 heterocycles. The lowest BCUT2D eigenvalue weighted by molar-refractivity contribution is -0.133. The number of hydrogen-bond acceptors (Lipinski definition) is 3. The zero-order valence-electron chi connectivity index (χ0n) is 12.7. The SMILES string of the molecule is CN1C(=O)[C@@H](C#N)[C@H]([Si](C)(C)c2ccccc2)N(C)C1=O. The van der Waals surface area contributed by atoms with Crippen LogP contribution in [0.4, 0.5) is 4.79 Å². The van der Waals surface area contributed by atoms with E-state index in [0.29, 0.717) is 0 Å². The van der Waals surface area contributed by atoms with Crippen LogP contribution in [0.15, 0.2) is 30.3 Å². The van der Waals surface area contributed by atoms with E-state index in [1.54, 1.807) is 11.9 Å². The van der Waals surface area contributed by atoms with Gasteiger partial charge in [-0.05, 0) is 0 Å². The highest BCUT2D eigenvalue weighted by Crippen LogP contribution is 2.28. The summed E-state index contributed by atoms with van der Waals surface area (Å²) in [6.45, 7) is 4.19. The summed E-state index contributed by atoms with van der Waals surface area (Å²) >= 11 is 0. The Morgan fingerprint density at radius 1 is 1.14 bits per heavy atom. The van der Waals surface area contributed by atoms with Gasteiger partial charge in [0.15, 0.2) is 0 Å². The molecule has 21 heavy (non-hydrogen) atoms. The number of benzene rings is 1. The van der Waals surface area contributed by atoms with Crippen molar-refractivity contribution in [3.05, 3.63) is 30.3 Å². The second-order valence-corrected chi connectivity index (χ2v) is 10.5. The Balaban J connectivity index is 2.51. The summed E-state index contributed by atoms with van der Waals surface area (Å²) in [4.78, 5) is 27.1. The van der Waals surface area contributed by atoms with Crippen molar-refractivity contribution < 1.29 is 9.59 Å². The fourth-order valence-electron chi connectivity index (χ4n) is 3.08. The molecule has 0 radical (unpaired) electrons. The number of nitrogens with zero attached hydrogens (tertiary/aromatic N) is 3. The second-order valence-electron chi connectivity index (χ2n) is 5.93. The van der Waals surface area contributed by atoms with Crippen molar-refractivity contribution in [2.45, 2.75) is 18.8 Å². The van der Waals surface area contributed by atoms with Crippen LogP contribution in [0.1, 0.15) is 0 Å². The Morgan fingerprint density at radius 3 is 2.24 bits per heavy atom. The van der Waals surface area contributed by atoms with Gasteiger partial charge in [0.25, 0.3) is 0 Å². The molecule has 1 fully saturated rings. The molecule has 0 aromatic heterocycles. The van der Waals surface area contributed by atoms with Crippen LogP contribution in [-0.2, 0) is 4.79 Å². The summed E-state index contributed by atoms with van der Waals surface area (Å²) in [5, 5.41) is 10.6. The Bertz CT molecular complexity index is 609. The number of amides is 3. The zero-order valence-corrected chi connectivity index (χ0v) is 13.7. The maximum absolute atomic E-state index is 12.3. The maximum Gasteiger partial charge on any atom is 0.326 e. The first kappa shape index (κ1) is 15.3. The first-order chi connectivity index (χ1) is 9.82. The van der Waals surface area contributed by atoms with Crippen LogP contribution >= 0.6 is 0 Å². The lowest BCUT2D eigenvalue weighted by Crippen LogP contribution is -2.70. The molecule has 0 bridgehead atoms. The molecule has 2 atom stereocenters. The predicted octanol–water partition coefficient (Wildman–Crippen LogP) is 1.17. The molecule has 0 aliphatic carbocycles. The molecule has 1 saturated heterocycles. The van der Waals surface area contributed by atoms with E-state index in [2.05, 4.69) is 19.2 Å². The highest BCUT2D eigenvalue weighted by molar-refractivity contribution is 6.91. The highest BCUT2D eigenvalue weighted by Gasteiger charge is 2.51. The molecule has 0 unspecified atom stereocenters. The number of carbonyl (C=O) groups excluding carboxylic acids is 2. The van der Waals surface area contributed by atoms with E-state index in [0.717, 1.165) is 10.1 Å². The largest absolute Gasteiger partial charge is 0.326 e. The molecule has 1 aromatic carbocycles. The molecule has 1 aliphatic rings. The molecule has 3 amide bonds. The molecule has 0 spiro atoms. The summed E-state index contributed by atoms with van der Waals surface area (Å²) < 4.78 is 0. The van der Waals surface area contributed by atoms with E-state index >= 15 is 0 Å². The third kappa shape index (κ3) is 2.34. The van der Waals surface area contributed by atoms with Crippen LogP contribution in [-0.4, -0.2) is 49.6 Å². The van der Waals surface area contributed by atoms with Gasteiger partial charge in [-0.25, -0.2) is 4.79 Å². The molecular formula is C15H19N3O2Si. The fraction of sp³-hybridized carbons (Fsp3) is 0.400. The molecule has 1 aliphatic heterocycles. The number of rotatable bonds is 2. The summed E-state index contributed by atoms with van der Waals surface area (Å²) in [6, 6.07) is 11.6. The normalized spacial score (nSPS) is 23.2. The Kier molecular flexibility index (Phi) is 3.88. The van der Waals surface area contributed by atoms with Gasteiger partial charge in [-0.2, -0.15) is 5.26 Å². The Morgan fingerprint density at radius 2 is 1.71 bits per heavy atom. The third-order valence-corrected chi connectivity index (χ3v) is 8.34. The van der Waals surface area contributed by atoms with Gasteiger partial charge in [-0.15, -0.1) is 0 Å². The number of nitriles is 1. The molecule has 1 aromatic rings. The summed E-state index contributed by atoms with van der Waals surface area (Å²) in [7, 11) is 0.904. The van der Waals surface area contributed by atoms with Crippen molar-refractivity contribution >= 4 is 25.2 Å². The molecular weight excluding hydrogens is 282 g/mol. The van der Waals surface area contributed by atoms with Gasteiger partial charge in [0.05, 0.1) is 11.7 Å². The van der Waals surface area contributed by atoms with Crippen molar-refractivity contribution in [2.75, 3.05) is 14.1 Å². The third-order valence-electron chi connectivity index (χ3n) is 4.31. The first-order valence-corrected chi connectivity index (χ1v) is 9.89. The Labute approximate surface area is 125 Å². The molecule has 0 N–H and O–H groups in total. The zero-order chi connectivity index (χ0) is 15.8. The first-order valence-electron chi connectivity index (χ1n) is 6.82. The second kappa shape index (κ2) is 5.33. The summed E-state index contributed by atoms with van der Waals surface area (Å²) in [5.74, 6) is -1.21. The molecule has 6 heteroatoms. The van der Waals surface area contributed by atoms with Crippen LogP contribution in [0, 0.1) is 17.2 Å². The van der Waals surface area contributed by atoms with E-state index in [4.69, 9.17) is 0 Å². The summed E-state index contributed by atoms with van der Waals surface area (Å²) in [5.41, 5.74) is -0.360. The van der Waals surface area contributed by atoms with Gasteiger partial charge in [0.1, 0.15) is 14.0 Å². The number of hydrogen-bond donors (Lipinski definition) is 0. The molecule has 0 saturated carbocycles. The lowest BCUT2D eigenvalue weighted by atomic mass is 10.1. The van der Waals surface area contributed by atoms with Gasteiger partial charge >= 0.3 is 6.03 Å². The minimum Gasteiger partial charge on any atom is -0.325 e. The van der Waals surface area contributed by atoms with Crippen molar-refractivity contribution in [1.29, 1.82) is 5.26 Å². The average molecular weight is 301 g/mol. The van der Waals surface area contributed by atoms with Crippen LogP contribution in [0.3, 0.4) is 0 Å². The van der Waals surface area contributed by atoms with E-state index in [1.807, 2.05) is 30.3 Å². The van der Waals surface area contributed by atoms with E-state index in [1.165, 1.54) is 7.05 Å². The van der Waals surface area contributed by atoms with Crippen molar-refractivity contribution in [3.63, 3.8) is 0 Å². The van der Waals surface area contributed by atoms with Gasteiger partial charge < -0.3 is 4.90 Å². The number of urea groups is 1. The van der Waals surface area contributed by atoms with Gasteiger partial charge in [-0.3, -0.25) is 9.69 Å². The van der Waals surface area contributed by atoms with E-state index < -0.39 is 19.9 Å². The van der Waals surface area contributed by atoms with Crippen molar-refractivity contribution in [3.8, 4) is 6.07 Å². The smallest absolute Gasteiger partial charge is 0.325 e. The summed E-state index contributed by atoms with van der Waals surface area (Å²) in [6.07, 6.45) is 0. The maximum atomic E-state index is 12.3. The number of carbonyl (C=O) groups is 2. The van der Waals surface area contributed by atoms with Crippen LogP contribution in [0.2, 0.25) is 13.1 Å². The molecule has 110 valence electrons. The van der Waals surface area contributed by atoms with Gasteiger partial charge in [0, 0.05) is 14.1 Å². The van der Waals surface area contributed by atoms with E-state index in [9.17, 15) is 14.9 Å². The predicted molar refractivity (Wildman–Crippen MR) is 82.4 cm³/mol. The van der Waals surface area contributed by atoms with Gasteiger partial charge in [0.2, 0.25) is 5.91 Å².